The van der Waals surface area contributed by atoms with Gasteiger partial charge in [0.25, 0.3) is 20.2 Å². The molecule has 2 heterocycles. The first kappa shape index (κ1) is 58.3. The Hall–Kier alpha value is -7.00. The third-order valence-electron chi connectivity index (χ3n) is 11.3. The molecule has 6 rings (SSSR count). The summed E-state index contributed by atoms with van der Waals surface area (Å²) in [4.78, 5) is 29.7. The monoisotopic (exact) mass is 1120 g/mol. The second kappa shape index (κ2) is 25.7. The quantitative estimate of drug-likeness (QED) is 0.0170. The molecule has 0 atom stereocenters. The van der Waals surface area contributed by atoms with E-state index in [4.69, 9.17) is 10.3 Å². The van der Waals surface area contributed by atoms with Gasteiger partial charge in [0.05, 0.1) is 9.79 Å². The van der Waals surface area contributed by atoms with Crippen LogP contribution < -0.4 is 42.2 Å². The first-order valence-corrected chi connectivity index (χ1v) is 29.6. The summed E-state index contributed by atoms with van der Waals surface area (Å²) < 4.78 is 119. The Morgan fingerprint density at radius 3 is 1.03 bits per heavy atom. The molecular weight excluding hydrogens is 1060 g/mol. The maximum absolute atomic E-state index is 12.9. The minimum Gasteiger partial charge on any atom is -0.354 e. The number of hydrogen-bond acceptors (Lipinski definition) is 22. The lowest BCUT2D eigenvalue weighted by atomic mass is 10.1. The number of benzene rings is 4. The summed E-state index contributed by atoms with van der Waals surface area (Å²) in [6.45, 7) is 14.3. The average Bonchev–Trinajstić information content (AvgIpc) is 3.35. The van der Waals surface area contributed by atoms with Gasteiger partial charge in [0, 0.05) is 35.8 Å². The lowest BCUT2D eigenvalue weighted by Crippen LogP contribution is -2.25. The summed E-state index contributed by atoms with van der Waals surface area (Å²) in [5.74, 6) is 0.236. The molecule has 0 saturated carbocycles. The predicted molar refractivity (Wildman–Crippen MR) is 292 cm³/mol. The van der Waals surface area contributed by atoms with E-state index in [-0.39, 0.29) is 68.0 Å². The normalized spacial score (nSPS) is 12.3. The maximum atomic E-state index is 12.9. The van der Waals surface area contributed by atoms with Crippen LogP contribution in [0.4, 0.5) is 58.4 Å². The molecule has 2 aromatic heterocycles. The number of nitrogens with zero attached hydrogens (tertiary/aromatic N) is 8. The summed E-state index contributed by atoms with van der Waals surface area (Å²) in [6, 6.07) is 18.9. The molecule has 0 saturated heterocycles. The Balaban J connectivity index is 1.26. The van der Waals surface area contributed by atoms with Gasteiger partial charge in [-0.15, -0.1) is 0 Å². The number of nitrogens with two attached hydrogens (primary N) is 2. The molecule has 408 valence electrons. The fraction of sp³-hybridized carbons (Fsp3) is 0.304. The van der Waals surface area contributed by atoms with Crippen molar-refractivity contribution in [3.63, 3.8) is 0 Å². The Morgan fingerprint density at radius 1 is 0.447 bits per heavy atom. The van der Waals surface area contributed by atoms with Crippen molar-refractivity contribution in [2.45, 2.75) is 60.1 Å². The molecule has 0 unspecified atom stereocenters. The Bertz CT molecular complexity index is 3230. The van der Waals surface area contributed by atoms with Crippen LogP contribution in [0.15, 0.2) is 105 Å². The molecule has 0 bridgehead atoms. The molecule has 30 heteroatoms. The standard InChI is InChI=1S/C46H60N16O10S4/c1-5-61(6-2)27-9-25-49-41-55-43(51-33-17-21-37(22-18-33)73(47,63)64)59-45(57-41)53-35-15-13-31(39(29-35)75(67,68)69)11-12-32-14-16-36(30-40(32)76(70,71)72)54-46-58-42(50-26-10-28-62(7-3)8-4)56-44(60-46)52-34-19-23-38(24-20-34)74(48,65)66/h11-24,29-30H,5-10,25-28H2,1-4H3,(H2,47,63,64)(H2,48,65,66)(H,67,68,69)(H,70,71,72)(H3,49,51,53,55,57,59)(H3,50,52,54,56,58,60)/b12-11+. The Labute approximate surface area is 441 Å². The van der Waals surface area contributed by atoms with Crippen LogP contribution in [0.1, 0.15) is 51.7 Å². The van der Waals surface area contributed by atoms with Gasteiger partial charge in [-0.3, -0.25) is 9.11 Å². The molecule has 6 aromatic rings. The number of hydrogen-bond donors (Lipinski definition) is 10. The molecule has 0 radical (unpaired) electrons. The van der Waals surface area contributed by atoms with E-state index in [0.717, 1.165) is 64.2 Å². The van der Waals surface area contributed by atoms with Crippen LogP contribution in [-0.4, -0.2) is 135 Å². The highest BCUT2D eigenvalue weighted by Gasteiger charge is 2.20. The molecule has 0 spiro atoms. The Morgan fingerprint density at radius 2 is 0.737 bits per heavy atom. The van der Waals surface area contributed by atoms with E-state index in [1.807, 2.05) is 0 Å². The SMILES string of the molecule is CCN(CC)CCCNc1nc(Nc2ccc(S(N)(=O)=O)cc2)nc(Nc2ccc(/C=C/c3ccc(Nc4nc(NCCCN(CC)CC)nc(Nc5ccc(S(N)(=O)=O)cc5)n4)cc3S(=O)(=O)O)c(S(=O)(=O)O)c2)n1. The van der Waals surface area contributed by atoms with Crippen LogP contribution >= 0.6 is 0 Å². The first-order chi connectivity index (χ1) is 35.9. The van der Waals surface area contributed by atoms with Gasteiger partial charge in [-0.05, 0) is 136 Å². The fourth-order valence-corrected chi connectivity index (χ4v) is 9.77. The highest BCUT2D eigenvalue weighted by molar-refractivity contribution is 7.89. The van der Waals surface area contributed by atoms with E-state index in [1.54, 1.807) is 0 Å². The van der Waals surface area contributed by atoms with E-state index in [2.05, 4.69) is 99.3 Å². The minimum absolute atomic E-state index is 0.0268. The van der Waals surface area contributed by atoms with Crippen molar-refractivity contribution in [1.82, 2.24) is 39.7 Å². The van der Waals surface area contributed by atoms with Gasteiger partial charge in [0.2, 0.25) is 55.7 Å². The number of primary sulfonamides is 2. The summed E-state index contributed by atoms with van der Waals surface area (Å²) in [7, 11) is -17.8. The second-order valence-corrected chi connectivity index (χ2v) is 22.6. The molecule has 26 nitrogen and oxygen atoms in total. The zero-order chi connectivity index (χ0) is 55.3. The summed E-state index contributed by atoms with van der Waals surface area (Å²) in [5, 5.41) is 28.7. The maximum Gasteiger partial charge on any atom is 0.295 e. The van der Waals surface area contributed by atoms with Crippen molar-refractivity contribution < 1.29 is 42.8 Å². The van der Waals surface area contributed by atoms with Gasteiger partial charge in [0.1, 0.15) is 9.79 Å². The van der Waals surface area contributed by atoms with Crippen LogP contribution in [-0.2, 0) is 40.3 Å². The van der Waals surface area contributed by atoms with E-state index in [0.29, 0.717) is 24.5 Å². The fourth-order valence-electron chi connectivity index (χ4n) is 7.32. The van der Waals surface area contributed by atoms with E-state index < -0.39 is 50.1 Å². The lowest BCUT2D eigenvalue weighted by Gasteiger charge is -2.18. The van der Waals surface area contributed by atoms with Crippen LogP contribution in [0.3, 0.4) is 0 Å². The van der Waals surface area contributed by atoms with Crippen LogP contribution in [0, 0.1) is 0 Å². The van der Waals surface area contributed by atoms with E-state index in [1.165, 1.54) is 84.9 Å². The third-order valence-corrected chi connectivity index (χ3v) is 15.0. The molecule has 0 aliphatic heterocycles. The second-order valence-electron chi connectivity index (χ2n) is 16.7. The largest absolute Gasteiger partial charge is 0.354 e. The molecule has 76 heavy (non-hydrogen) atoms. The van der Waals surface area contributed by atoms with Crippen molar-refractivity contribution in [2.75, 3.05) is 84.3 Å². The molecule has 0 fully saturated rings. The van der Waals surface area contributed by atoms with Crippen molar-refractivity contribution in [2.24, 2.45) is 10.3 Å². The molecule has 0 aliphatic carbocycles. The van der Waals surface area contributed by atoms with Gasteiger partial charge in [-0.1, -0.05) is 52.0 Å². The Kier molecular flexibility index (Phi) is 19.7. The van der Waals surface area contributed by atoms with Gasteiger partial charge >= 0.3 is 0 Å². The van der Waals surface area contributed by atoms with Crippen molar-refractivity contribution in [3.8, 4) is 0 Å². The van der Waals surface area contributed by atoms with Crippen LogP contribution in [0.5, 0.6) is 0 Å². The highest BCUT2D eigenvalue weighted by atomic mass is 32.2. The van der Waals surface area contributed by atoms with Crippen molar-refractivity contribution in [3.05, 3.63) is 96.1 Å². The smallest absolute Gasteiger partial charge is 0.295 e. The van der Waals surface area contributed by atoms with Gasteiger partial charge < -0.3 is 41.7 Å². The molecule has 0 amide bonds. The summed E-state index contributed by atoms with van der Waals surface area (Å²) >= 11 is 0. The van der Waals surface area contributed by atoms with Crippen molar-refractivity contribution >= 4 is 111 Å². The summed E-state index contributed by atoms with van der Waals surface area (Å²) in [5.41, 5.74) is 0.880. The number of nitrogens with one attached hydrogen (secondary N) is 6. The molecule has 12 N–H and O–H groups in total. The van der Waals surface area contributed by atoms with E-state index >= 15 is 0 Å². The van der Waals surface area contributed by atoms with Gasteiger partial charge in [-0.2, -0.15) is 46.7 Å². The first-order valence-electron chi connectivity index (χ1n) is 23.6. The summed E-state index contributed by atoms with van der Waals surface area (Å²) in [6.07, 6.45) is 3.95. The molecule has 0 aliphatic rings. The van der Waals surface area contributed by atoms with Crippen LogP contribution in [0.25, 0.3) is 12.2 Å². The lowest BCUT2D eigenvalue weighted by molar-refractivity contribution is 0.303. The zero-order valence-corrected chi connectivity index (χ0v) is 45.1. The predicted octanol–water partition coefficient (Wildman–Crippen LogP) is 5.28. The van der Waals surface area contributed by atoms with Gasteiger partial charge in [0.15, 0.2) is 0 Å². The molecule has 4 aromatic carbocycles. The third kappa shape index (κ3) is 17.3. The van der Waals surface area contributed by atoms with Crippen LogP contribution in [0.2, 0.25) is 0 Å². The number of aromatic nitrogens is 6. The number of rotatable bonds is 28. The minimum atomic E-state index is -4.94. The topological polar surface area (TPSA) is 385 Å². The van der Waals surface area contributed by atoms with Crippen molar-refractivity contribution in [1.29, 1.82) is 0 Å². The highest BCUT2D eigenvalue weighted by Crippen LogP contribution is 2.29. The van der Waals surface area contributed by atoms with E-state index in [9.17, 15) is 42.8 Å². The number of anilines is 10. The number of sulfonamides is 2. The zero-order valence-electron chi connectivity index (χ0n) is 41.8. The average molecular weight is 1130 g/mol. The van der Waals surface area contributed by atoms with Gasteiger partial charge in [-0.25, -0.2) is 27.1 Å². The molecular formula is C46H60N16O10S4.